The summed E-state index contributed by atoms with van der Waals surface area (Å²) >= 11 is 1.30. The molecule has 0 heterocycles. The molecule has 0 aliphatic rings. The zero-order valence-corrected chi connectivity index (χ0v) is 20.7. The van der Waals surface area contributed by atoms with Gasteiger partial charge in [-0.15, -0.1) is 59.3 Å². The van der Waals surface area contributed by atoms with E-state index in [0.29, 0.717) is 12.5 Å². The first-order valence-corrected chi connectivity index (χ1v) is 13.8. The van der Waals surface area contributed by atoms with Crippen LogP contribution < -0.4 is 0 Å². The van der Waals surface area contributed by atoms with E-state index in [0.717, 1.165) is 0 Å². The van der Waals surface area contributed by atoms with Gasteiger partial charge in [0.1, 0.15) is 0 Å². The van der Waals surface area contributed by atoms with Crippen LogP contribution in [0, 0.1) is 0 Å². The number of hydrogen-bond acceptors (Lipinski definition) is 4. The van der Waals surface area contributed by atoms with Gasteiger partial charge in [-0.1, -0.05) is 12.1 Å². The molecule has 0 amide bonds. The van der Waals surface area contributed by atoms with Crippen molar-refractivity contribution < 1.29 is 50.2 Å². The van der Waals surface area contributed by atoms with Crippen molar-refractivity contribution in [3.63, 3.8) is 0 Å². The second-order valence-electron chi connectivity index (χ2n) is 5.78. The zero-order valence-electron chi connectivity index (χ0n) is 16.6. The standard InChI is InChI=1S/2C9H7.2CH4O3S.CH2.Zr/c2*1-2-5-9-7-3-6-8(9)4-1;2*1-5(2,3)4;;/h2*1-7H;2*1H3,(H,2,3,4);1H2;/q2*-1;;;;+2. The minimum Gasteiger partial charge on any atom is -0.168 e. The summed E-state index contributed by atoms with van der Waals surface area (Å²) in [6.45, 7) is 0. The first-order chi connectivity index (χ1) is 13.9. The van der Waals surface area contributed by atoms with Crippen molar-refractivity contribution >= 4 is 46.0 Å². The normalized spacial score (nSPS) is 10.2. The van der Waals surface area contributed by atoms with Crippen LogP contribution in [0.2, 0.25) is 0 Å². The Hall–Kier alpha value is -1.77. The number of rotatable bonds is 0. The molecule has 0 atom stereocenters. The van der Waals surface area contributed by atoms with Crippen LogP contribution in [0.25, 0.3) is 21.5 Å². The van der Waals surface area contributed by atoms with E-state index in [2.05, 4.69) is 89.1 Å². The van der Waals surface area contributed by atoms with E-state index in [1.165, 1.54) is 45.8 Å². The van der Waals surface area contributed by atoms with Crippen LogP contribution in [-0.4, -0.2) is 42.7 Å². The molecule has 0 unspecified atom stereocenters. The Balaban J connectivity index is 0.000000379. The summed E-state index contributed by atoms with van der Waals surface area (Å²) in [5, 5.41) is 5.32. The van der Waals surface area contributed by atoms with Crippen molar-refractivity contribution in [1.82, 2.24) is 0 Å². The molecule has 160 valence electrons. The summed E-state index contributed by atoms with van der Waals surface area (Å²) in [5.74, 6) is 0. The average Bonchev–Trinajstić information content (AvgIpc) is 3.30. The topological polar surface area (TPSA) is 109 Å². The van der Waals surface area contributed by atoms with Gasteiger partial charge in [-0.3, -0.25) is 9.11 Å². The molecule has 0 fully saturated rings. The van der Waals surface area contributed by atoms with E-state index in [1.54, 1.807) is 0 Å². The molecule has 0 radical (unpaired) electrons. The number of hydrogen-bond donors (Lipinski definition) is 2. The Kier molecular flexibility index (Phi) is 13.4. The summed E-state index contributed by atoms with van der Waals surface area (Å²) in [5.41, 5.74) is 0. The minimum absolute atomic E-state index is 0.715. The first-order valence-electron chi connectivity index (χ1n) is 8.34. The fraction of sp³-hybridized carbons (Fsp3) is 0.0952. The van der Waals surface area contributed by atoms with Crippen LogP contribution in [0.4, 0.5) is 0 Å². The first kappa shape index (κ1) is 28.2. The predicted molar refractivity (Wildman–Crippen MR) is 121 cm³/mol. The van der Waals surface area contributed by atoms with Gasteiger partial charge in [0, 0.05) is 0 Å². The smallest absolute Gasteiger partial charge is 0.0809 e. The van der Waals surface area contributed by atoms with Gasteiger partial charge >= 0.3 is 28.4 Å². The van der Waals surface area contributed by atoms with Crippen LogP contribution >= 0.6 is 0 Å². The van der Waals surface area contributed by atoms with Crippen LogP contribution in [0.3, 0.4) is 0 Å². The average molecular weight is 528 g/mol. The van der Waals surface area contributed by atoms with Crippen molar-refractivity contribution in [3.8, 4) is 0 Å². The Morgan fingerprint density at radius 1 is 0.667 bits per heavy atom. The maximum Gasteiger partial charge on any atom is -0.0809 e. The maximum atomic E-state index is 9.19. The van der Waals surface area contributed by atoms with Crippen molar-refractivity contribution in [2.75, 3.05) is 12.5 Å². The van der Waals surface area contributed by atoms with E-state index in [-0.39, 0.29) is 0 Å². The van der Waals surface area contributed by atoms with Gasteiger partial charge in [0.25, 0.3) is 20.2 Å². The Morgan fingerprint density at radius 3 is 1.20 bits per heavy atom. The van der Waals surface area contributed by atoms with Crippen molar-refractivity contribution in [2.24, 2.45) is 0 Å². The molecule has 0 aliphatic heterocycles. The van der Waals surface area contributed by atoms with Gasteiger partial charge in [-0.05, 0) is 0 Å². The predicted octanol–water partition coefficient (Wildman–Crippen LogP) is 4.09. The fourth-order valence-electron chi connectivity index (χ4n) is 2.14. The third-order valence-corrected chi connectivity index (χ3v) is 3.10. The Labute approximate surface area is 192 Å². The molecule has 0 saturated carbocycles. The minimum atomic E-state index is -3.67. The molecule has 4 aromatic rings. The summed E-state index contributed by atoms with van der Waals surface area (Å²) in [7, 11) is -7.33. The summed E-state index contributed by atoms with van der Waals surface area (Å²) in [4.78, 5) is 0. The van der Waals surface area contributed by atoms with Crippen LogP contribution in [0.15, 0.2) is 84.9 Å². The third kappa shape index (κ3) is 16.1. The molecule has 0 bridgehead atoms. The van der Waals surface area contributed by atoms with Crippen molar-refractivity contribution in [2.45, 2.75) is 0 Å². The van der Waals surface area contributed by atoms with E-state index in [9.17, 15) is 16.8 Å². The van der Waals surface area contributed by atoms with Crippen LogP contribution in [0.1, 0.15) is 0 Å². The van der Waals surface area contributed by atoms with Gasteiger partial charge < -0.3 is 0 Å². The van der Waals surface area contributed by atoms with E-state index in [4.69, 9.17) is 9.11 Å². The molecule has 2 N–H and O–H groups in total. The maximum absolute atomic E-state index is 9.19. The third-order valence-electron chi connectivity index (χ3n) is 3.10. The van der Waals surface area contributed by atoms with Gasteiger partial charge in [0.2, 0.25) is 0 Å². The molecule has 0 aromatic heterocycles. The summed E-state index contributed by atoms with van der Waals surface area (Å²) in [6, 6.07) is 29.3. The molecular weight excluding hydrogens is 504 g/mol. The summed E-state index contributed by atoms with van der Waals surface area (Å²) < 4.78 is 55.1. The molecular formula is C21H24O6S2Zr. The molecule has 9 heteroatoms. The van der Waals surface area contributed by atoms with Gasteiger partial charge in [0.15, 0.2) is 0 Å². The summed E-state index contributed by atoms with van der Waals surface area (Å²) in [6.07, 6.45) is 1.43. The zero-order chi connectivity index (χ0) is 23.2. The quantitative estimate of drug-likeness (QED) is 0.263. The van der Waals surface area contributed by atoms with E-state index in [1.807, 2.05) is 0 Å². The second-order valence-corrected chi connectivity index (χ2v) is 8.71. The molecule has 30 heavy (non-hydrogen) atoms. The van der Waals surface area contributed by atoms with Crippen LogP contribution in [-0.2, 0) is 44.5 Å². The molecule has 0 aliphatic carbocycles. The van der Waals surface area contributed by atoms with Gasteiger partial charge in [-0.2, -0.15) is 51.9 Å². The van der Waals surface area contributed by atoms with E-state index >= 15 is 0 Å². The fourth-order valence-corrected chi connectivity index (χ4v) is 2.14. The van der Waals surface area contributed by atoms with Crippen molar-refractivity contribution in [1.29, 1.82) is 0 Å². The van der Waals surface area contributed by atoms with Gasteiger partial charge in [-0.25, -0.2) is 0 Å². The molecule has 0 saturated heterocycles. The molecule has 0 spiro atoms. The SMILES string of the molecule is CS(=O)(=O)O.CS(=O)(=O)O.[CH2]=[Zr+2].c1ccc2[cH-]ccc2c1.c1ccc2[cH-]ccc2c1. The number of fused-ring (bicyclic) bond motifs is 2. The largest absolute Gasteiger partial charge is 0.168 e. The second kappa shape index (κ2) is 14.3. The monoisotopic (exact) mass is 526 g/mol. The van der Waals surface area contributed by atoms with E-state index < -0.39 is 20.2 Å². The molecule has 4 rings (SSSR count). The Morgan fingerprint density at radius 2 is 0.933 bits per heavy atom. The van der Waals surface area contributed by atoms with Gasteiger partial charge in [0.05, 0.1) is 12.5 Å². The van der Waals surface area contributed by atoms with Crippen molar-refractivity contribution in [3.05, 3.63) is 84.9 Å². The Bertz CT molecular complexity index is 1040. The van der Waals surface area contributed by atoms with Crippen LogP contribution in [0.5, 0.6) is 0 Å². The molecule has 6 nitrogen and oxygen atoms in total. The molecule has 4 aromatic carbocycles. The number of benzene rings is 2.